The van der Waals surface area contributed by atoms with E-state index in [4.69, 9.17) is 0 Å². The van der Waals surface area contributed by atoms with Crippen molar-refractivity contribution < 1.29 is 27.1 Å². The number of alkyl halides is 2. The van der Waals surface area contributed by atoms with Crippen molar-refractivity contribution >= 4 is 0 Å². The average Bonchev–Trinajstić information content (AvgIpc) is 3.32. The zero-order chi connectivity index (χ0) is 25.1. The van der Waals surface area contributed by atoms with Crippen LogP contribution in [0.25, 0.3) is 0 Å². The van der Waals surface area contributed by atoms with Gasteiger partial charge in [0.1, 0.15) is 29.5 Å². The van der Waals surface area contributed by atoms with E-state index in [0.717, 1.165) is 35.4 Å². The van der Waals surface area contributed by atoms with Crippen molar-refractivity contribution in [2.24, 2.45) is 0 Å². The first-order valence-corrected chi connectivity index (χ1v) is 10.2. The molecule has 0 aliphatic rings. The van der Waals surface area contributed by atoms with Gasteiger partial charge in [0.05, 0.1) is 6.54 Å². The number of halogens is 5. The van der Waals surface area contributed by atoms with Gasteiger partial charge in [0.25, 0.3) is 0 Å². The summed E-state index contributed by atoms with van der Waals surface area (Å²) in [6, 6.07) is 9.95. The van der Waals surface area contributed by atoms with Crippen LogP contribution < -0.4 is 0 Å². The predicted molar refractivity (Wildman–Crippen MR) is 113 cm³/mol. The quantitative estimate of drug-likeness (QED) is 0.333. The number of rotatable bonds is 6. The molecule has 2 heterocycles. The van der Waals surface area contributed by atoms with E-state index >= 15 is 8.78 Å². The van der Waals surface area contributed by atoms with Crippen LogP contribution in [0.2, 0.25) is 0 Å². The summed E-state index contributed by atoms with van der Waals surface area (Å²) in [5, 5.41) is 21.3. The van der Waals surface area contributed by atoms with Crippen molar-refractivity contribution in [3.8, 4) is 11.8 Å². The number of hydrogen-bond donors (Lipinski definition) is 1. The molecule has 0 aliphatic carbocycles. The zero-order valence-corrected chi connectivity index (χ0v) is 17.8. The maximum absolute atomic E-state index is 15.7. The number of tetrazole rings is 1. The summed E-state index contributed by atoms with van der Waals surface area (Å²) in [5.41, 5.74) is -4.04. The molecule has 178 valence electrons. The fraction of sp³-hybridized carbons (Fsp3) is 0.167. The molecule has 11 heteroatoms. The molecule has 35 heavy (non-hydrogen) atoms. The standard InChI is InChI=1S/C24H16F5N5O/c25-18-6-2-4-16(11-18)3-1-5-17-7-10-22(30-13-17)24(28,29)23(35,14-34-15-31-32-33-34)20-9-8-19(26)12-21(20)27/h2,4,6-13,15,35H,3,14H2. The highest BCUT2D eigenvalue weighted by atomic mass is 19.3. The van der Waals surface area contributed by atoms with E-state index in [9.17, 15) is 18.3 Å². The highest BCUT2D eigenvalue weighted by Crippen LogP contribution is 2.46. The van der Waals surface area contributed by atoms with Gasteiger partial charge in [-0.3, -0.25) is 4.98 Å². The number of benzene rings is 2. The Labute approximate surface area is 196 Å². The lowest BCUT2D eigenvalue weighted by Gasteiger charge is -2.35. The molecule has 1 unspecified atom stereocenters. The van der Waals surface area contributed by atoms with Gasteiger partial charge < -0.3 is 5.11 Å². The number of pyridine rings is 1. The summed E-state index contributed by atoms with van der Waals surface area (Å²) in [6.07, 6.45) is 2.26. The van der Waals surface area contributed by atoms with E-state index in [2.05, 4.69) is 32.4 Å². The maximum atomic E-state index is 15.7. The lowest BCUT2D eigenvalue weighted by molar-refractivity contribution is -0.207. The Morgan fingerprint density at radius 2 is 1.77 bits per heavy atom. The van der Waals surface area contributed by atoms with Crippen LogP contribution in [0.4, 0.5) is 22.0 Å². The van der Waals surface area contributed by atoms with E-state index in [1.807, 2.05) is 0 Å². The van der Waals surface area contributed by atoms with E-state index in [1.165, 1.54) is 18.2 Å². The van der Waals surface area contributed by atoms with Crippen LogP contribution in [-0.2, 0) is 24.5 Å². The summed E-state index contributed by atoms with van der Waals surface area (Å²) in [7, 11) is 0. The highest BCUT2D eigenvalue weighted by Gasteiger charge is 2.57. The van der Waals surface area contributed by atoms with Crippen LogP contribution in [0.15, 0.2) is 67.1 Å². The van der Waals surface area contributed by atoms with Gasteiger partial charge in [-0.1, -0.05) is 24.0 Å². The fourth-order valence-corrected chi connectivity index (χ4v) is 3.43. The summed E-state index contributed by atoms with van der Waals surface area (Å²) in [4.78, 5) is 3.73. The molecule has 1 N–H and O–H groups in total. The molecule has 6 nitrogen and oxygen atoms in total. The first-order valence-electron chi connectivity index (χ1n) is 10.2. The number of hydrogen-bond acceptors (Lipinski definition) is 5. The Morgan fingerprint density at radius 1 is 0.971 bits per heavy atom. The highest BCUT2D eigenvalue weighted by molar-refractivity contribution is 5.37. The number of nitrogens with zero attached hydrogens (tertiary/aromatic N) is 5. The number of aliphatic hydroxyl groups is 1. The zero-order valence-electron chi connectivity index (χ0n) is 17.8. The largest absolute Gasteiger partial charge is 0.377 e. The second-order valence-corrected chi connectivity index (χ2v) is 7.61. The van der Waals surface area contributed by atoms with Gasteiger partial charge in [-0.15, -0.1) is 5.10 Å². The molecular formula is C24H16F5N5O. The molecule has 0 fully saturated rings. The molecule has 1 atom stereocenters. The third kappa shape index (κ3) is 5.02. The van der Waals surface area contributed by atoms with Gasteiger partial charge >= 0.3 is 5.92 Å². The van der Waals surface area contributed by atoms with Gasteiger partial charge in [0.2, 0.25) is 0 Å². The molecule has 0 aliphatic heterocycles. The van der Waals surface area contributed by atoms with Crippen molar-refractivity contribution in [2.45, 2.75) is 24.5 Å². The van der Waals surface area contributed by atoms with Crippen LogP contribution >= 0.6 is 0 Å². The SMILES string of the molecule is OC(Cn1cnnn1)(c1ccc(F)cc1F)C(F)(F)c1ccc(C#CCc2cccc(F)c2)cn1. The molecule has 0 saturated heterocycles. The molecule has 0 amide bonds. The molecular weight excluding hydrogens is 469 g/mol. The summed E-state index contributed by atoms with van der Waals surface area (Å²) >= 11 is 0. The Balaban J connectivity index is 1.65. The van der Waals surface area contributed by atoms with E-state index in [-0.39, 0.29) is 12.0 Å². The van der Waals surface area contributed by atoms with Crippen molar-refractivity contribution in [3.05, 3.63) is 107 Å². The molecule has 0 radical (unpaired) electrons. The topological polar surface area (TPSA) is 76.7 Å². The Kier molecular flexibility index (Phi) is 6.57. The van der Waals surface area contributed by atoms with Crippen LogP contribution in [0.3, 0.4) is 0 Å². The van der Waals surface area contributed by atoms with Crippen molar-refractivity contribution in [3.63, 3.8) is 0 Å². The minimum absolute atomic E-state index is 0.227. The minimum atomic E-state index is -4.16. The molecule has 4 aromatic rings. The van der Waals surface area contributed by atoms with Crippen LogP contribution in [0.1, 0.15) is 22.4 Å². The van der Waals surface area contributed by atoms with Crippen LogP contribution in [0.5, 0.6) is 0 Å². The van der Waals surface area contributed by atoms with Gasteiger partial charge in [0, 0.05) is 29.8 Å². The third-order valence-corrected chi connectivity index (χ3v) is 5.18. The molecule has 4 rings (SSSR count). The molecule has 2 aromatic heterocycles. The van der Waals surface area contributed by atoms with E-state index < -0.39 is 46.8 Å². The number of aromatic nitrogens is 5. The summed E-state index contributed by atoms with van der Waals surface area (Å²) in [6.45, 7) is -0.952. The van der Waals surface area contributed by atoms with Crippen molar-refractivity contribution in [2.75, 3.05) is 0 Å². The van der Waals surface area contributed by atoms with Crippen LogP contribution in [0, 0.1) is 29.3 Å². The summed E-state index contributed by atoms with van der Waals surface area (Å²) in [5.74, 6) is -1.40. The van der Waals surface area contributed by atoms with Gasteiger partial charge in [-0.2, -0.15) is 8.78 Å². The van der Waals surface area contributed by atoms with Gasteiger partial charge in [0.15, 0.2) is 5.60 Å². The first kappa shape index (κ1) is 24.0. The molecule has 0 bridgehead atoms. The van der Waals surface area contributed by atoms with Gasteiger partial charge in [-0.25, -0.2) is 17.9 Å². The summed E-state index contributed by atoms with van der Waals surface area (Å²) < 4.78 is 73.4. The lowest BCUT2D eigenvalue weighted by atomic mass is 9.84. The lowest BCUT2D eigenvalue weighted by Crippen LogP contribution is -2.48. The first-order chi connectivity index (χ1) is 16.7. The smallest absolute Gasteiger partial charge is 0.323 e. The van der Waals surface area contributed by atoms with Crippen molar-refractivity contribution in [1.29, 1.82) is 0 Å². The van der Waals surface area contributed by atoms with E-state index in [1.54, 1.807) is 12.1 Å². The Morgan fingerprint density at radius 3 is 2.43 bits per heavy atom. The van der Waals surface area contributed by atoms with Crippen molar-refractivity contribution in [1.82, 2.24) is 25.2 Å². The molecule has 0 saturated carbocycles. The Bertz CT molecular complexity index is 1380. The molecule has 0 spiro atoms. The van der Waals surface area contributed by atoms with Gasteiger partial charge in [-0.05, 0) is 52.4 Å². The van der Waals surface area contributed by atoms with Crippen LogP contribution in [-0.4, -0.2) is 30.3 Å². The average molecular weight is 485 g/mol. The maximum Gasteiger partial charge on any atom is 0.323 e. The molecule has 2 aromatic carbocycles. The second kappa shape index (κ2) is 9.60. The third-order valence-electron chi connectivity index (χ3n) is 5.18. The predicted octanol–water partition coefficient (Wildman–Crippen LogP) is 3.76. The Hall–Kier alpha value is -4.17. The fourth-order valence-electron chi connectivity index (χ4n) is 3.43. The monoisotopic (exact) mass is 485 g/mol. The second-order valence-electron chi connectivity index (χ2n) is 7.61. The van der Waals surface area contributed by atoms with E-state index in [0.29, 0.717) is 11.6 Å². The normalized spacial score (nSPS) is 13.1. The minimum Gasteiger partial charge on any atom is -0.377 e.